The molecule has 1 aromatic heterocycles. The van der Waals surface area contributed by atoms with Crippen LogP contribution in [0.4, 0.5) is 0 Å². The highest BCUT2D eigenvalue weighted by atomic mass is 16.5. The van der Waals surface area contributed by atoms with E-state index < -0.39 is 0 Å². The standard InChI is InChI=1S/C25H27N3O/c1-19-8-9-23-24(27-19)6-3-7-25(23)29-15-14-28-12-10-20(11-13-28)16-21-4-2-5-22(17-21)18-26/h2-9,17,20H,10-16H2,1H3. The first-order valence-electron chi connectivity index (χ1n) is 10.4. The minimum absolute atomic E-state index is 0.696. The van der Waals surface area contributed by atoms with Crippen molar-refractivity contribution in [3.05, 3.63) is 71.4 Å². The lowest BCUT2D eigenvalue weighted by molar-refractivity contribution is 0.155. The Bertz CT molecular complexity index is 1020. The molecule has 0 saturated carbocycles. The van der Waals surface area contributed by atoms with E-state index in [1.807, 2.05) is 49.4 Å². The Balaban J connectivity index is 1.25. The Hall–Kier alpha value is -2.90. The molecule has 0 aliphatic carbocycles. The minimum Gasteiger partial charge on any atom is -0.492 e. The molecule has 148 valence electrons. The summed E-state index contributed by atoms with van der Waals surface area (Å²) in [5.41, 5.74) is 4.06. The van der Waals surface area contributed by atoms with E-state index in [0.717, 1.165) is 54.0 Å². The molecule has 0 radical (unpaired) electrons. The highest BCUT2D eigenvalue weighted by molar-refractivity contribution is 5.85. The molecule has 2 aromatic carbocycles. The molecule has 0 spiro atoms. The molecule has 0 unspecified atom stereocenters. The van der Waals surface area contributed by atoms with Gasteiger partial charge in [-0.1, -0.05) is 18.2 Å². The number of benzene rings is 2. The Morgan fingerprint density at radius 3 is 2.76 bits per heavy atom. The third-order valence-electron chi connectivity index (χ3n) is 5.78. The molecule has 0 atom stereocenters. The van der Waals surface area contributed by atoms with E-state index in [9.17, 15) is 0 Å². The first-order chi connectivity index (χ1) is 14.2. The van der Waals surface area contributed by atoms with E-state index >= 15 is 0 Å². The van der Waals surface area contributed by atoms with Crippen LogP contribution in [0.15, 0.2) is 54.6 Å². The Morgan fingerprint density at radius 2 is 1.93 bits per heavy atom. The number of piperidine rings is 1. The summed E-state index contributed by atoms with van der Waals surface area (Å²) in [5, 5.41) is 10.1. The van der Waals surface area contributed by atoms with Gasteiger partial charge in [-0.2, -0.15) is 5.26 Å². The van der Waals surface area contributed by atoms with Crippen LogP contribution < -0.4 is 4.74 Å². The van der Waals surface area contributed by atoms with Crippen LogP contribution in [0.25, 0.3) is 10.9 Å². The summed E-state index contributed by atoms with van der Waals surface area (Å²) in [6, 6.07) is 20.5. The fourth-order valence-corrected chi connectivity index (χ4v) is 4.15. The van der Waals surface area contributed by atoms with Gasteiger partial charge in [-0.15, -0.1) is 0 Å². The fraction of sp³-hybridized carbons (Fsp3) is 0.360. The zero-order chi connectivity index (χ0) is 20.1. The number of nitriles is 1. The quantitative estimate of drug-likeness (QED) is 0.614. The van der Waals surface area contributed by atoms with Gasteiger partial charge in [0.25, 0.3) is 0 Å². The molecule has 4 nitrogen and oxygen atoms in total. The van der Waals surface area contributed by atoms with Crippen molar-refractivity contribution in [2.75, 3.05) is 26.2 Å². The van der Waals surface area contributed by atoms with Gasteiger partial charge < -0.3 is 4.74 Å². The number of hydrogen-bond acceptors (Lipinski definition) is 4. The van der Waals surface area contributed by atoms with Crippen LogP contribution in [-0.4, -0.2) is 36.1 Å². The molecule has 0 N–H and O–H groups in total. The molecule has 1 aliphatic heterocycles. The van der Waals surface area contributed by atoms with Crippen molar-refractivity contribution in [3.63, 3.8) is 0 Å². The molecule has 2 heterocycles. The van der Waals surface area contributed by atoms with Gasteiger partial charge in [0.1, 0.15) is 12.4 Å². The van der Waals surface area contributed by atoms with Crippen LogP contribution >= 0.6 is 0 Å². The van der Waals surface area contributed by atoms with Crippen LogP contribution in [0, 0.1) is 24.2 Å². The van der Waals surface area contributed by atoms with Gasteiger partial charge in [-0.3, -0.25) is 9.88 Å². The van der Waals surface area contributed by atoms with E-state index in [4.69, 9.17) is 10.00 Å². The molecule has 1 aliphatic rings. The SMILES string of the molecule is Cc1ccc2c(OCCN3CCC(Cc4cccc(C#N)c4)CC3)cccc2n1. The number of likely N-dealkylation sites (tertiary alicyclic amines) is 1. The smallest absolute Gasteiger partial charge is 0.128 e. The van der Waals surface area contributed by atoms with Crippen LogP contribution in [0.3, 0.4) is 0 Å². The first kappa shape index (κ1) is 19.4. The Kier molecular flexibility index (Phi) is 6.07. The van der Waals surface area contributed by atoms with Gasteiger partial charge in [0.15, 0.2) is 0 Å². The molecule has 1 saturated heterocycles. The molecule has 0 amide bonds. The second-order valence-corrected chi connectivity index (χ2v) is 7.93. The normalized spacial score (nSPS) is 15.3. The molecule has 0 bridgehead atoms. The van der Waals surface area contributed by atoms with Crippen molar-refractivity contribution in [2.24, 2.45) is 5.92 Å². The molecule has 1 fully saturated rings. The lowest BCUT2D eigenvalue weighted by Crippen LogP contribution is -2.37. The summed E-state index contributed by atoms with van der Waals surface area (Å²) in [6.45, 7) is 5.88. The summed E-state index contributed by atoms with van der Waals surface area (Å²) >= 11 is 0. The molecular weight excluding hydrogens is 358 g/mol. The number of rotatable bonds is 6. The average molecular weight is 386 g/mol. The van der Waals surface area contributed by atoms with Gasteiger partial charge in [0.2, 0.25) is 0 Å². The summed E-state index contributed by atoms with van der Waals surface area (Å²) in [4.78, 5) is 7.08. The topological polar surface area (TPSA) is 49.1 Å². The van der Waals surface area contributed by atoms with Gasteiger partial charge in [-0.05, 0) is 87.2 Å². The van der Waals surface area contributed by atoms with Crippen molar-refractivity contribution in [1.29, 1.82) is 5.26 Å². The van der Waals surface area contributed by atoms with Crippen molar-refractivity contribution in [3.8, 4) is 11.8 Å². The number of aryl methyl sites for hydroxylation is 1. The largest absolute Gasteiger partial charge is 0.492 e. The van der Waals surface area contributed by atoms with Crippen molar-refractivity contribution in [2.45, 2.75) is 26.2 Å². The maximum atomic E-state index is 9.07. The summed E-state index contributed by atoms with van der Waals surface area (Å²) in [5.74, 6) is 1.62. The summed E-state index contributed by atoms with van der Waals surface area (Å²) in [6.07, 6.45) is 3.48. The van der Waals surface area contributed by atoms with Crippen LogP contribution in [0.2, 0.25) is 0 Å². The van der Waals surface area contributed by atoms with Gasteiger partial charge in [-0.25, -0.2) is 0 Å². The Labute approximate surface area is 172 Å². The van der Waals surface area contributed by atoms with E-state index in [-0.39, 0.29) is 0 Å². The predicted octanol–water partition coefficient (Wildman–Crippen LogP) is 4.75. The van der Waals surface area contributed by atoms with Crippen molar-refractivity contribution >= 4 is 10.9 Å². The van der Waals surface area contributed by atoms with E-state index in [2.05, 4.69) is 28.1 Å². The maximum Gasteiger partial charge on any atom is 0.128 e. The number of aromatic nitrogens is 1. The zero-order valence-corrected chi connectivity index (χ0v) is 17.0. The van der Waals surface area contributed by atoms with Gasteiger partial charge >= 0.3 is 0 Å². The molecule has 4 rings (SSSR count). The number of ether oxygens (including phenoxy) is 1. The number of hydrogen-bond donors (Lipinski definition) is 0. The maximum absolute atomic E-state index is 9.07. The zero-order valence-electron chi connectivity index (χ0n) is 17.0. The molecule has 3 aromatic rings. The van der Waals surface area contributed by atoms with Crippen LogP contribution in [0.5, 0.6) is 5.75 Å². The van der Waals surface area contributed by atoms with Gasteiger partial charge in [0, 0.05) is 17.6 Å². The second kappa shape index (κ2) is 9.07. The summed E-state index contributed by atoms with van der Waals surface area (Å²) in [7, 11) is 0. The lowest BCUT2D eigenvalue weighted by atomic mass is 9.90. The molecule has 29 heavy (non-hydrogen) atoms. The predicted molar refractivity (Wildman–Crippen MR) is 116 cm³/mol. The van der Waals surface area contributed by atoms with Crippen molar-refractivity contribution in [1.82, 2.24) is 9.88 Å². The molecular formula is C25H27N3O. The minimum atomic E-state index is 0.696. The number of nitrogens with zero attached hydrogens (tertiary/aromatic N) is 3. The highest BCUT2D eigenvalue weighted by Gasteiger charge is 2.19. The molecule has 4 heteroatoms. The van der Waals surface area contributed by atoms with Crippen LogP contribution in [-0.2, 0) is 6.42 Å². The average Bonchev–Trinajstić information content (AvgIpc) is 2.75. The van der Waals surface area contributed by atoms with Crippen LogP contribution in [0.1, 0.15) is 29.7 Å². The van der Waals surface area contributed by atoms with Gasteiger partial charge in [0.05, 0.1) is 17.1 Å². The first-order valence-corrected chi connectivity index (χ1v) is 10.4. The van der Waals surface area contributed by atoms with E-state index in [0.29, 0.717) is 12.5 Å². The lowest BCUT2D eigenvalue weighted by Gasteiger charge is -2.32. The van der Waals surface area contributed by atoms with E-state index in [1.54, 1.807) is 0 Å². The third kappa shape index (κ3) is 4.93. The number of fused-ring (bicyclic) bond motifs is 1. The Morgan fingerprint density at radius 1 is 1.10 bits per heavy atom. The third-order valence-corrected chi connectivity index (χ3v) is 5.78. The summed E-state index contributed by atoms with van der Waals surface area (Å²) < 4.78 is 6.10. The monoisotopic (exact) mass is 385 g/mol. The number of pyridine rings is 1. The van der Waals surface area contributed by atoms with Crippen molar-refractivity contribution < 1.29 is 4.74 Å². The van der Waals surface area contributed by atoms with E-state index in [1.165, 1.54) is 18.4 Å². The fourth-order valence-electron chi connectivity index (χ4n) is 4.15. The highest BCUT2D eigenvalue weighted by Crippen LogP contribution is 2.25. The second-order valence-electron chi connectivity index (χ2n) is 7.93.